The van der Waals surface area contributed by atoms with E-state index in [9.17, 15) is 4.79 Å². The molecule has 5 atom stereocenters. The number of benzene rings is 1. The summed E-state index contributed by atoms with van der Waals surface area (Å²) in [6.07, 6.45) is 6.71. The fourth-order valence-corrected chi connectivity index (χ4v) is 5.46. The normalized spacial score (nSPS) is 32.3. The molecule has 0 saturated heterocycles. The maximum absolute atomic E-state index is 12.2. The van der Waals surface area contributed by atoms with E-state index in [-0.39, 0.29) is 6.03 Å². The quantitative estimate of drug-likeness (QED) is 0.779. The molecule has 25 heavy (non-hydrogen) atoms. The molecule has 1 aromatic carbocycles. The topological polar surface area (TPSA) is 59.6 Å². The van der Waals surface area contributed by atoms with E-state index in [1.54, 1.807) is 7.11 Å². The van der Waals surface area contributed by atoms with Gasteiger partial charge in [-0.15, -0.1) is 0 Å². The molecule has 0 unspecified atom stereocenters. The second-order valence-electron chi connectivity index (χ2n) is 7.68. The molecule has 0 heterocycles. The zero-order chi connectivity index (χ0) is 17.2. The monoisotopic (exact) mass is 344 g/mol. The van der Waals surface area contributed by atoms with E-state index in [2.05, 4.69) is 10.6 Å². The van der Waals surface area contributed by atoms with Crippen LogP contribution < -0.4 is 20.1 Å². The van der Waals surface area contributed by atoms with Crippen molar-refractivity contribution in [3.05, 3.63) is 24.3 Å². The van der Waals surface area contributed by atoms with Gasteiger partial charge < -0.3 is 20.1 Å². The van der Waals surface area contributed by atoms with Crippen LogP contribution in [-0.4, -0.2) is 32.3 Å². The molecule has 3 aliphatic carbocycles. The van der Waals surface area contributed by atoms with Crippen LogP contribution in [0.25, 0.3) is 0 Å². The van der Waals surface area contributed by atoms with Gasteiger partial charge in [-0.3, -0.25) is 0 Å². The van der Waals surface area contributed by atoms with Crippen molar-refractivity contribution in [2.45, 2.75) is 38.1 Å². The highest BCUT2D eigenvalue weighted by molar-refractivity contribution is 5.74. The maximum atomic E-state index is 12.2. The summed E-state index contributed by atoms with van der Waals surface area (Å²) in [5.74, 6) is 5.01. The third-order valence-electron chi connectivity index (χ3n) is 6.46. The average Bonchev–Trinajstić information content (AvgIpc) is 3.32. The number of fused-ring (bicyclic) bond motifs is 5. The Kier molecular flexibility index (Phi) is 4.73. The molecule has 2 bridgehead atoms. The highest BCUT2D eigenvalue weighted by atomic mass is 16.5. The van der Waals surface area contributed by atoms with Crippen LogP contribution in [0, 0.1) is 23.7 Å². The first-order chi connectivity index (χ1) is 12.2. The van der Waals surface area contributed by atoms with Crippen molar-refractivity contribution in [1.29, 1.82) is 0 Å². The molecule has 1 aromatic rings. The fourth-order valence-electron chi connectivity index (χ4n) is 5.46. The first-order valence-electron chi connectivity index (χ1n) is 9.56. The van der Waals surface area contributed by atoms with Gasteiger partial charge in [0.15, 0.2) is 0 Å². The van der Waals surface area contributed by atoms with Crippen LogP contribution in [0.2, 0.25) is 0 Å². The highest BCUT2D eigenvalue weighted by Crippen LogP contribution is 2.58. The molecular weight excluding hydrogens is 316 g/mol. The summed E-state index contributed by atoms with van der Waals surface area (Å²) in [5, 5.41) is 6.14. The second-order valence-corrected chi connectivity index (χ2v) is 7.68. The van der Waals surface area contributed by atoms with Gasteiger partial charge in [-0.2, -0.15) is 0 Å². The van der Waals surface area contributed by atoms with Crippen molar-refractivity contribution in [3.63, 3.8) is 0 Å². The van der Waals surface area contributed by atoms with E-state index in [1.807, 2.05) is 24.3 Å². The van der Waals surface area contributed by atoms with Gasteiger partial charge in [0.05, 0.1) is 13.7 Å². The summed E-state index contributed by atoms with van der Waals surface area (Å²) in [5.41, 5.74) is 0. The van der Waals surface area contributed by atoms with Gasteiger partial charge in [0, 0.05) is 6.04 Å². The Morgan fingerprint density at radius 3 is 2.64 bits per heavy atom. The maximum Gasteiger partial charge on any atom is 0.315 e. The molecule has 136 valence electrons. The minimum absolute atomic E-state index is 0.0505. The SMILES string of the molecule is COc1ccc(OCCNC(=O)N[C@@H]2C[C@@H]3C[C@@H]2[C@H]2CCC[C@H]32)cc1. The van der Waals surface area contributed by atoms with Crippen LogP contribution in [0.4, 0.5) is 4.79 Å². The lowest BCUT2D eigenvalue weighted by molar-refractivity contribution is 0.196. The average molecular weight is 344 g/mol. The van der Waals surface area contributed by atoms with Crippen molar-refractivity contribution in [1.82, 2.24) is 10.6 Å². The van der Waals surface area contributed by atoms with Crippen molar-refractivity contribution < 1.29 is 14.3 Å². The lowest BCUT2D eigenvalue weighted by atomic mass is 9.79. The van der Waals surface area contributed by atoms with Crippen LogP contribution in [0.5, 0.6) is 11.5 Å². The Labute approximate surface area is 149 Å². The van der Waals surface area contributed by atoms with Crippen LogP contribution in [-0.2, 0) is 0 Å². The Morgan fingerprint density at radius 2 is 1.84 bits per heavy atom. The lowest BCUT2D eigenvalue weighted by Crippen LogP contribution is -2.47. The van der Waals surface area contributed by atoms with Crippen LogP contribution in [0.15, 0.2) is 24.3 Å². The third kappa shape index (κ3) is 3.42. The van der Waals surface area contributed by atoms with E-state index < -0.39 is 0 Å². The summed E-state index contributed by atoms with van der Waals surface area (Å²) in [6, 6.07) is 7.79. The number of rotatable bonds is 6. The summed E-state index contributed by atoms with van der Waals surface area (Å²) in [6.45, 7) is 0.964. The molecule has 0 spiro atoms. The number of carbonyl (C=O) groups excluding carboxylic acids is 1. The third-order valence-corrected chi connectivity index (χ3v) is 6.46. The summed E-state index contributed by atoms with van der Waals surface area (Å²) in [4.78, 5) is 12.2. The van der Waals surface area contributed by atoms with Crippen LogP contribution in [0.3, 0.4) is 0 Å². The molecule has 3 saturated carbocycles. The molecule has 2 amide bonds. The van der Waals surface area contributed by atoms with E-state index in [0.29, 0.717) is 19.2 Å². The van der Waals surface area contributed by atoms with Gasteiger partial charge in [-0.1, -0.05) is 6.42 Å². The first kappa shape index (κ1) is 16.6. The van der Waals surface area contributed by atoms with Gasteiger partial charge in [0.2, 0.25) is 0 Å². The van der Waals surface area contributed by atoms with Crippen LogP contribution >= 0.6 is 0 Å². The molecule has 2 N–H and O–H groups in total. The Bertz CT molecular complexity index is 603. The number of urea groups is 1. The number of hydrogen-bond acceptors (Lipinski definition) is 3. The predicted molar refractivity (Wildman–Crippen MR) is 95.9 cm³/mol. The van der Waals surface area contributed by atoms with E-state index >= 15 is 0 Å². The Morgan fingerprint density at radius 1 is 1.08 bits per heavy atom. The van der Waals surface area contributed by atoms with Crippen molar-refractivity contribution >= 4 is 6.03 Å². The minimum atomic E-state index is -0.0505. The van der Waals surface area contributed by atoms with Crippen molar-refractivity contribution in [2.24, 2.45) is 23.7 Å². The second kappa shape index (κ2) is 7.14. The number of amides is 2. The fraction of sp³-hybridized carbons (Fsp3) is 0.650. The van der Waals surface area contributed by atoms with Crippen LogP contribution in [0.1, 0.15) is 32.1 Å². The largest absolute Gasteiger partial charge is 0.497 e. The number of ether oxygens (including phenoxy) is 2. The number of hydrogen-bond donors (Lipinski definition) is 2. The molecule has 0 aliphatic heterocycles. The summed E-state index contributed by atoms with van der Waals surface area (Å²) < 4.78 is 10.7. The zero-order valence-electron chi connectivity index (χ0n) is 14.9. The molecule has 0 radical (unpaired) electrons. The molecule has 4 rings (SSSR count). The van der Waals surface area contributed by atoms with Crippen molar-refractivity contribution in [3.8, 4) is 11.5 Å². The number of nitrogens with one attached hydrogen (secondary N) is 2. The lowest BCUT2D eigenvalue weighted by Gasteiger charge is -2.32. The highest BCUT2D eigenvalue weighted by Gasteiger charge is 2.53. The minimum Gasteiger partial charge on any atom is -0.497 e. The molecule has 3 fully saturated rings. The van der Waals surface area contributed by atoms with Gasteiger partial charge in [-0.05, 0) is 73.6 Å². The summed E-state index contributed by atoms with van der Waals surface area (Å²) in [7, 11) is 1.64. The van der Waals surface area contributed by atoms with Gasteiger partial charge in [-0.25, -0.2) is 4.79 Å². The van der Waals surface area contributed by atoms with E-state index in [1.165, 1.54) is 32.1 Å². The van der Waals surface area contributed by atoms with E-state index in [4.69, 9.17) is 9.47 Å². The zero-order valence-corrected chi connectivity index (χ0v) is 14.9. The molecular formula is C20H28N2O3. The molecule has 5 heteroatoms. The molecule has 0 aromatic heterocycles. The van der Waals surface area contributed by atoms with Crippen molar-refractivity contribution in [2.75, 3.05) is 20.3 Å². The van der Waals surface area contributed by atoms with E-state index in [0.717, 1.165) is 35.2 Å². The number of methoxy groups -OCH3 is 1. The first-order valence-corrected chi connectivity index (χ1v) is 9.56. The Hall–Kier alpha value is -1.91. The molecule has 3 aliphatic rings. The number of carbonyl (C=O) groups is 1. The smallest absolute Gasteiger partial charge is 0.315 e. The summed E-state index contributed by atoms with van der Waals surface area (Å²) >= 11 is 0. The van der Waals surface area contributed by atoms with Gasteiger partial charge >= 0.3 is 6.03 Å². The Balaban J connectivity index is 1.16. The standard InChI is InChI=1S/C20H28N2O3/c1-24-14-5-7-15(8-6-14)25-10-9-21-20(23)22-19-12-13-11-18(19)17-4-2-3-16(13)17/h5-8,13,16-19H,2-4,9-12H2,1H3,(H2,21,22,23)/t13-,16+,17-,18+,19+/m0/s1. The van der Waals surface area contributed by atoms with Gasteiger partial charge in [0.1, 0.15) is 18.1 Å². The molecule has 5 nitrogen and oxygen atoms in total. The van der Waals surface area contributed by atoms with Gasteiger partial charge in [0.25, 0.3) is 0 Å². The predicted octanol–water partition coefficient (Wildman–Crippen LogP) is 3.20.